The van der Waals surface area contributed by atoms with Gasteiger partial charge in [0.15, 0.2) is 5.54 Å². The minimum Gasteiger partial charge on any atom is -0.497 e. The number of para-hydroxylation sites is 1. The number of nitrogens with zero attached hydrogens (tertiary/aromatic N) is 3. The molecule has 2 amide bonds. The van der Waals surface area contributed by atoms with Gasteiger partial charge in [0, 0.05) is 42.9 Å². The number of carbonyl (C=O) groups excluding carboxylic acids is 2. The van der Waals surface area contributed by atoms with Crippen molar-refractivity contribution in [3.8, 4) is 17.2 Å². The van der Waals surface area contributed by atoms with Gasteiger partial charge in [-0.3, -0.25) is 14.5 Å². The predicted octanol–water partition coefficient (Wildman–Crippen LogP) is 3.44. The Balaban J connectivity index is 1.89. The molecule has 2 aliphatic rings. The number of fused-ring (bicyclic) bond motifs is 1. The van der Waals surface area contributed by atoms with Crippen LogP contribution in [0.1, 0.15) is 16.7 Å². The van der Waals surface area contributed by atoms with Gasteiger partial charge in [0.05, 0.1) is 40.2 Å². The van der Waals surface area contributed by atoms with Gasteiger partial charge in [-0.25, -0.2) is 12.7 Å². The van der Waals surface area contributed by atoms with Crippen LogP contribution >= 0.6 is 11.6 Å². The molecule has 0 saturated carbocycles. The molecule has 0 bridgehead atoms. The standard InChI is InChI=1S/C31H34ClN3O8S/c1-19-15-24-22(17-23(19)32)31(21-9-7-8-10-26(21)41-5,34-13-14-43-18-25(34)29(36)33(2)3)30(37)35(24)44(38,39)28-12-11-20(40-4)16-27(28)42-6/h7-12,15-17,25H,13-14,18H2,1-6H3/t25-,31?/m0/s1. The lowest BCUT2D eigenvalue weighted by atomic mass is 9.79. The SMILES string of the molecule is COc1ccc(S(=O)(=O)N2C(=O)C(c3ccccc3OC)(N3CCOC[C@H]3C(=O)N(C)C)c3cc(Cl)c(C)cc32)c(OC)c1. The molecule has 0 aliphatic carbocycles. The summed E-state index contributed by atoms with van der Waals surface area (Å²) in [5.41, 5.74) is -0.558. The molecular weight excluding hydrogens is 610 g/mol. The summed E-state index contributed by atoms with van der Waals surface area (Å²) in [7, 11) is 2.85. The van der Waals surface area contributed by atoms with Crippen molar-refractivity contribution >= 4 is 39.1 Å². The third-order valence-electron chi connectivity index (χ3n) is 8.05. The van der Waals surface area contributed by atoms with E-state index in [2.05, 4.69) is 0 Å². The lowest BCUT2D eigenvalue weighted by molar-refractivity contribution is -0.150. The number of rotatable bonds is 8. The summed E-state index contributed by atoms with van der Waals surface area (Å²) in [6.07, 6.45) is 0. The first kappa shape index (κ1) is 31.6. The van der Waals surface area contributed by atoms with E-state index in [-0.39, 0.29) is 47.6 Å². The number of likely N-dealkylation sites (N-methyl/N-ethyl adjacent to an activating group) is 1. The van der Waals surface area contributed by atoms with Crippen molar-refractivity contribution in [2.45, 2.75) is 23.4 Å². The van der Waals surface area contributed by atoms with Gasteiger partial charge in [-0.15, -0.1) is 0 Å². The Labute approximate surface area is 261 Å². The Bertz CT molecular complexity index is 1730. The van der Waals surface area contributed by atoms with Crippen LogP contribution in [-0.2, 0) is 29.9 Å². The van der Waals surface area contributed by atoms with Crippen LogP contribution in [-0.4, -0.2) is 91.3 Å². The number of benzene rings is 3. The lowest BCUT2D eigenvalue weighted by Gasteiger charge is -2.47. The highest BCUT2D eigenvalue weighted by Gasteiger charge is 2.63. The van der Waals surface area contributed by atoms with Crippen molar-refractivity contribution in [3.63, 3.8) is 0 Å². The molecular formula is C31H34ClN3O8S. The van der Waals surface area contributed by atoms with Gasteiger partial charge < -0.3 is 23.8 Å². The van der Waals surface area contributed by atoms with Gasteiger partial charge in [-0.05, 0) is 42.8 Å². The fourth-order valence-electron chi connectivity index (χ4n) is 5.96. The highest BCUT2D eigenvalue weighted by molar-refractivity contribution is 7.93. The average Bonchev–Trinajstić information content (AvgIpc) is 3.27. The first-order valence-corrected chi connectivity index (χ1v) is 15.6. The van der Waals surface area contributed by atoms with E-state index in [1.54, 1.807) is 62.3 Å². The first-order valence-electron chi connectivity index (χ1n) is 13.8. The van der Waals surface area contributed by atoms with E-state index < -0.39 is 27.5 Å². The van der Waals surface area contributed by atoms with Crippen molar-refractivity contribution in [2.75, 3.05) is 59.5 Å². The average molecular weight is 644 g/mol. The molecule has 1 fully saturated rings. The molecule has 2 aliphatic heterocycles. The minimum absolute atomic E-state index is 0.00814. The molecule has 0 aromatic heterocycles. The van der Waals surface area contributed by atoms with Crippen LogP contribution in [0.25, 0.3) is 0 Å². The van der Waals surface area contributed by atoms with Gasteiger partial charge in [0.1, 0.15) is 28.2 Å². The molecule has 1 unspecified atom stereocenters. The van der Waals surface area contributed by atoms with Gasteiger partial charge in [-0.2, -0.15) is 0 Å². The predicted molar refractivity (Wildman–Crippen MR) is 164 cm³/mol. The Kier molecular flexibility index (Phi) is 8.56. The molecule has 0 radical (unpaired) electrons. The van der Waals surface area contributed by atoms with Crippen LogP contribution in [0.3, 0.4) is 0 Å². The highest BCUT2D eigenvalue weighted by atomic mass is 35.5. The van der Waals surface area contributed by atoms with Crippen molar-refractivity contribution in [3.05, 3.63) is 76.3 Å². The first-order chi connectivity index (χ1) is 20.9. The maximum Gasteiger partial charge on any atom is 0.274 e. The summed E-state index contributed by atoms with van der Waals surface area (Å²) in [6, 6.07) is 13.3. The number of halogens is 1. The van der Waals surface area contributed by atoms with Gasteiger partial charge in [-0.1, -0.05) is 29.8 Å². The van der Waals surface area contributed by atoms with E-state index in [1.165, 1.54) is 44.4 Å². The summed E-state index contributed by atoms with van der Waals surface area (Å²) in [5.74, 6) is -0.448. The summed E-state index contributed by atoms with van der Waals surface area (Å²) in [4.78, 5) is 31.9. The molecule has 13 heteroatoms. The van der Waals surface area contributed by atoms with Crippen LogP contribution in [0.2, 0.25) is 5.02 Å². The Morgan fingerprint density at radius 2 is 1.70 bits per heavy atom. The highest BCUT2D eigenvalue weighted by Crippen LogP contribution is 2.54. The molecule has 5 rings (SSSR count). The Morgan fingerprint density at radius 1 is 1.00 bits per heavy atom. The van der Waals surface area contributed by atoms with E-state index in [9.17, 15) is 13.2 Å². The number of anilines is 1. The zero-order valence-electron chi connectivity index (χ0n) is 25.3. The van der Waals surface area contributed by atoms with Crippen LogP contribution in [0.5, 0.6) is 17.2 Å². The normalized spacial score (nSPS) is 20.3. The molecule has 2 atom stereocenters. The van der Waals surface area contributed by atoms with Crippen molar-refractivity contribution in [2.24, 2.45) is 0 Å². The third kappa shape index (κ3) is 4.76. The van der Waals surface area contributed by atoms with E-state index in [0.717, 1.165) is 4.31 Å². The fraction of sp³-hybridized carbons (Fsp3) is 0.355. The van der Waals surface area contributed by atoms with Gasteiger partial charge in [0.25, 0.3) is 15.9 Å². The molecule has 0 N–H and O–H groups in total. The zero-order chi connectivity index (χ0) is 32.0. The van der Waals surface area contributed by atoms with Crippen LogP contribution in [0.4, 0.5) is 5.69 Å². The number of methoxy groups -OCH3 is 3. The second-order valence-corrected chi connectivity index (χ2v) is 12.8. The van der Waals surface area contributed by atoms with Crippen molar-refractivity contribution in [1.29, 1.82) is 0 Å². The van der Waals surface area contributed by atoms with Crippen LogP contribution < -0.4 is 18.5 Å². The second kappa shape index (κ2) is 11.9. The zero-order valence-corrected chi connectivity index (χ0v) is 26.9. The number of carbonyl (C=O) groups is 2. The van der Waals surface area contributed by atoms with Gasteiger partial charge in [0.2, 0.25) is 5.91 Å². The largest absolute Gasteiger partial charge is 0.497 e. The number of morpholine rings is 1. The van der Waals surface area contributed by atoms with E-state index in [0.29, 0.717) is 27.6 Å². The van der Waals surface area contributed by atoms with Crippen molar-refractivity contribution in [1.82, 2.24) is 9.80 Å². The Morgan fingerprint density at radius 3 is 2.36 bits per heavy atom. The maximum atomic E-state index is 15.3. The summed E-state index contributed by atoms with van der Waals surface area (Å²) >= 11 is 6.71. The second-order valence-electron chi connectivity index (χ2n) is 10.6. The minimum atomic E-state index is -4.62. The number of hydrogen-bond acceptors (Lipinski definition) is 9. The van der Waals surface area contributed by atoms with Crippen molar-refractivity contribution < 1.29 is 37.0 Å². The molecule has 44 heavy (non-hydrogen) atoms. The summed E-state index contributed by atoms with van der Waals surface area (Å²) in [6.45, 7) is 2.02. The lowest BCUT2D eigenvalue weighted by Crippen LogP contribution is -2.64. The molecule has 234 valence electrons. The van der Waals surface area contributed by atoms with E-state index in [1.807, 2.05) is 0 Å². The molecule has 3 aromatic carbocycles. The quantitative estimate of drug-likeness (QED) is 0.364. The van der Waals surface area contributed by atoms with E-state index >= 15 is 4.79 Å². The molecule has 1 saturated heterocycles. The molecule has 11 nitrogen and oxygen atoms in total. The maximum absolute atomic E-state index is 15.3. The Hall–Kier alpha value is -3.84. The van der Waals surface area contributed by atoms with E-state index in [4.69, 9.17) is 30.5 Å². The topological polar surface area (TPSA) is 115 Å². The monoisotopic (exact) mass is 643 g/mol. The number of ether oxygens (including phenoxy) is 4. The number of hydrogen-bond donors (Lipinski definition) is 0. The third-order valence-corrected chi connectivity index (χ3v) is 10.2. The van der Waals surface area contributed by atoms with Crippen LogP contribution in [0.15, 0.2) is 59.5 Å². The number of amides is 2. The number of sulfonamides is 1. The molecule has 0 spiro atoms. The smallest absolute Gasteiger partial charge is 0.274 e. The fourth-order valence-corrected chi connectivity index (χ4v) is 7.72. The number of aryl methyl sites for hydroxylation is 1. The molecule has 2 heterocycles. The van der Waals surface area contributed by atoms with Gasteiger partial charge >= 0.3 is 0 Å². The summed E-state index contributed by atoms with van der Waals surface area (Å²) in [5, 5.41) is 0.320. The summed E-state index contributed by atoms with van der Waals surface area (Å²) < 4.78 is 52.3. The molecule has 3 aromatic rings. The van der Waals surface area contributed by atoms with Crippen LogP contribution in [0, 0.1) is 6.92 Å².